The van der Waals surface area contributed by atoms with E-state index in [9.17, 15) is 14.9 Å². The minimum atomic E-state index is -0.350. The summed E-state index contributed by atoms with van der Waals surface area (Å²) < 4.78 is 0. The lowest BCUT2D eigenvalue weighted by Gasteiger charge is -2.37. The van der Waals surface area contributed by atoms with E-state index >= 15 is 0 Å². The van der Waals surface area contributed by atoms with Crippen LogP contribution in [0.1, 0.15) is 32.1 Å². The van der Waals surface area contributed by atoms with Gasteiger partial charge in [-0.25, -0.2) is 0 Å². The molecule has 2 N–H and O–H groups in total. The van der Waals surface area contributed by atoms with Gasteiger partial charge < -0.3 is 15.5 Å². The van der Waals surface area contributed by atoms with Crippen molar-refractivity contribution in [3.05, 3.63) is 34.4 Å². The third-order valence-electron chi connectivity index (χ3n) is 5.46. The predicted molar refractivity (Wildman–Crippen MR) is 104 cm³/mol. The molecule has 0 bridgehead atoms. The van der Waals surface area contributed by atoms with Gasteiger partial charge in [-0.1, -0.05) is 25.0 Å². The van der Waals surface area contributed by atoms with Crippen molar-refractivity contribution in [2.45, 2.75) is 38.1 Å². The van der Waals surface area contributed by atoms with Gasteiger partial charge in [0.25, 0.3) is 5.69 Å². The van der Waals surface area contributed by atoms with Crippen molar-refractivity contribution in [1.29, 1.82) is 0 Å². The summed E-state index contributed by atoms with van der Waals surface area (Å²) >= 11 is 0. The Hall–Kier alpha value is -1.86. The fourth-order valence-corrected chi connectivity index (χ4v) is 3.93. The summed E-state index contributed by atoms with van der Waals surface area (Å²) in [6.07, 6.45) is 4.93. The van der Waals surface area contributed by atoms with Gasteiger partial charge in [0, 0.05) is 44.7 Å². The first-order valence-electron chi connectivity index (χ1n) is 9.08. The highest BCUT2D eigenvalue weighted by Crippen LogP contribution is 2.29. The number of carbonyl (C=O) groups is 1. The molecule has 1 aromatic rings. The van der Waals surface area contributed by atoms with Crippen molar-refractivity contribution in [1.82, 2.24) is 4.90 Å². The van der Waals surface area contributed by atoms with E-state index in [4.69, 9.17) is 5.73 Å². The highest BCUT2D eigenvalue weighted by molar-refractivity contribution is 5.85. The van der Waals surface area contributed by atoms with Gasteiger partial charge in [-0.3, -0.25) is 14.9 Å². The molecule has 1 amide bonds. The van der Waals surface area contributed by atoms with Crippen LogP contribution in [0.15, 0.2) is 24.3 Å². The van der Waals surface area contributed by atoms with Crippen LogP contribution in [0.2, 0.25) is 0 Å². The van der Waals surface area contributed by atoms with E-state index in [1.807, 2.05) is 15.9 Å². The van der Waals surface area contributed by atoms with E-state index in [2.05, 4.69) is 0 Å². The number of rotatable bonds is 4. The maximum atomic E-state index is 12.6. The maximum absolute atomic E-state index is 12.6. The van der Waals surface area contributed by atoms with Crippen LogP contribution in [-0.4, -0.2) is 48.0 Å². The summed E-state index contributed by atoms with van der Waals surface area (Å²) in [6.45, 7) is 2.44. The number of anilines is 1. The molecule has 144 valence electrons. The number of nitrogens with zero attached hydrogens (tertiary/aromatic N) is 3. The predicted octanol–water partition coefficient (Wildman–Crippen LogP) is 2.57. The van der Waals surface area contributed by atoms with Crippen LogP contribution in [0.5, 0.6) is 0 Å². The number of halogens is 1. The lowest BCUT2D eigenvalue weighted by molar-refractivity contribution is -0.384. The highest BCUT2D eigenvalue weighted by Gasteiger charge is 2.29. The highest BCUT2D eigenvalue weighted by atomic mass is 35.5. The molecule has 1 saturated heterocycles. The van der Waals surface area contributed by atoms with Gasteiger partial charge in [-0.05, 0) is 24.8 Å². The minimum absolute atomic E-state index is 0. The van der Waals surface area contributed by atoms with E-state index in [0.29, 0.717) is 44.2 Å². The lowest BCUT2D eigenvalue weighted by Crippen LogP contribution is -2.50. The van der Waals surface area contributed by atoms with Gasteiger partial charge in [0.15, 0.2) is 0 Å². The van der Waals surface area contributed by atoms with Crippen molar-refractivity contribution < 1.29 is 9.72 Å². The van der Waals surface area contributed by atoms with Gasteiger partial charge in [-0.15, -0.1) is 12.4 Å². The number of piperazine rings is 1. The number of benzene rings is 1. The standard InChI is InChI=1S/C18H26N4O3.ClH/c19-15-6-2-1-5-14(15)13-18(23)21-11-9-20(10-12-21)16-7-3-4-8-17(16)22(24)25;/h3-4,7-8,14-15H,1-2,5-6,9-13,19H2;1H. The fourth-order valence-electron chi connectivity index (χ4n) is 3.93. The number of nitro benzene ring substituents is 1. The van der Waals surface area contributed by atoms with E-state index in [-0.39, 0.29) is 35.0 Å². The Morgan fingerprint density at radius 1 is 1.15 bits per heavy atom. The Bertz CT molecular complexity index is 635. The zero-order valence-corrected chi connectivity index (χ0v) is 15.7. The molecular formula is C18H27ClN4O3. The van der Waals surface area contributed by atoms with Crippen LogP contribution in [0.4, 0.5) is 11.4 Å². The monoisotopic (exact) mass is 382 g/mol. The Kier molecular flexibility index (Phi) is 7.23. The zero-order valence-electron chi connectivity index (χ0n) is 14.9. The summed E-state index contributed by atoms with van der Waals surface area (Å²) in [5, 5.41) is 11.2. The van der Waals surface area contributed by atoms with Crippen LogP contribution in [0.3, 0.4) is 0 Å². The SMILES string of the molecule is Cl.NC1CCCCC1CC(=O)N1CCN(c2ccccc2[N+](=O)[O-])CC1. The molecule has 2 atom stereocenters. The zero-order chi connectivity index (χ0) is 17.8. The summed E-state index contributed by atoms with van der Waals surface area (Å²) in [6, 6.07) is 6.93. The van der Waals surface area contributed by atoms with E-state index in [1.165, 1.54) is 12.5 Å². The minimum Gasteiger partial charge on any atom is -0.362 e. The molecule has 2 unspecified atom stereocenters. The van der Waals surface area contributed by atoms with Gasteiger partial charge in [0.05, 0.1) is 4.92 Å². The number of nitro groups is 1. The Morgan fingerprint density at radius 2 is 1.81 bits per heavy atom. The molecule has 0 aromatic heterocycles. The smallest absolute Gasteiger partial charge is 0.292 e. The molecule has 7 nitrogen and oxygen atoms in total. The largest absolute Gasteiger partial charge is 0.362 e. The average molecular weight is 383 g/mol. The summed E-state index contributed by atoms with van der Waals surface area (Å²) in [4.78, 5) is 27.3. The molecule has 8 heteroatoms. The number of amides is 1. The molecule has 1 aliphatic heterocycles. The van der Waals surface area contributed by atoms with Crippen LogP contribution in [0, 0.1) is 16.0 Å². The molecule has 26 heavy (non-hydrogen) atoms. The molecule has 2 aliphatic rings. The first-order chi connectivity index (χ1) is 12.1. The van der Waals surface area contributed by atoms with Crippen molar-refractivity contribution >= 4 is 29.7 Å². The second-order valence-corrected chi connectivity index (χ2v) is 7.03. The van der Waals surface area contributed by atoms with Gasteiger partial charge >= 0.3 is 0 Å². The van der Waals surface area contributed by atoms with E-state index < -0.39 is 0 Å². The van der Waals surface area contributed by atoms with Crippen molar-refractivity contribution in [3.8, 4) is 0 Å². The molecule has 0 spiro atoms. The van der Waals surface area contributed by atoms with Crippen molar-refractivity contribution in [3.63, 3.8) is 0 Å². The Labute approximate surface area is 160 Å². The number of hydrogen-bond donors (Lipinski definition) is 1. The van der Waals surface area contributed by atoms with Crippen LogP contribution < -0.4 is 10.6 Å². The first kappa shape index (κ1) is 20.5. The second kappa shape index (κ2) is 9.19. The van der Waals surface area contributed by atoms with Crippen molar-refractivity contribution in [2.75, 3.05) is 31.1 Å². The Balaban J connectivity index is 0.00000243. The van der Waals surface area contributed by atoms with Gasteiger partial charge in [0.1, 0.15) is 5.69 Å². The molecule has 1 aliphatic carbocycles. The molecule has 1 saturated carbocycles. The van der Waals surface area contributed by atoms with E-state index in [1.54, 1.807) is 12.1 Å². The van der Waals surface area contributed by atoms with Crippen LogP contribution >= 0.6 is 12.4 Å². The number of nitrogens with two attached hydrogens (primary N) is 1. The number of para-hydroxylation sites is 2. The Morgan fingerprint density at radius 3 is 2.46 bits per heavy atom. The third-order valence-corrected chi connectivity index (χ3v) is 5.46. The molecular weight excluding hydrogens is 356 g/mol. The maximum Gasteiger partial charge on any atom is 0.292 e. The van der Waals surface area contributed by atoms with Crippen molar-refractivity contribution in [2.24, 2.45) is 11.7 Å². The van der Waals surface area contributed by atoms with Gasteiger partial charge in [0.2, 0.25) is 5.91 Å². The summed E-state index contributed by atoms with van der Waals surface area (Å²) in [5.74, 6) is 0.471. The normalized spacial score (nSPS) is 23.3. The summed E-state index contributed by atoms with van der Waals surface area (Å²) in [5.41, 5.74) is 6.91. The molecule has 1 aromatic carbocycles. The quantitative estimate of drug-likeness (QED) is 0.638. The lowest BCUT2D eigenvalue weighted by atomic mass is 9.82. The molecule has 0 radical (unpaired) electrons. The van der Waals surface area contributed by atoms with Crippen LogP contribution in [-0.2, 0) is 4.79 Å². The average Bonchev–Trinajstić information content (AvgIpc) is 2.63. The second-order valence-electron chi connectivity index (χ2n) is 7.03. The van der Waals surface area contributed by atoms with Gasteiger partial charge in [-0.2, -0.15) is 0 Å². The molecule has 2 fully saturated rings. The number of hydrogen-bond acceptors (Lipinski definition) is 5. The third kappa shape index (κ3) is 4.65. The first-order valence-corrected chi connectivity index (χ1v) is 9.08. The molecule has 1 heterocycles. The number of carbonyl (C=O) groups excluding carboxylic acids is 1. The topological polar surface area (TPSA) is 92.7 Å². The van der Waals surface area contributed by atoms with E-state index in [0.717, 1.165) is 19.3 Å². The molecule has 3 rings (SSSR count). The fraction of sp³-hybridized carbons (Fsp3) is 0.611. The van der Waals surface area contributed by atoms with Crippen LogP contribution in [0.25, 0.3) is 0 Å². The summed E-state index contributed by atoms with van der Waals surface area (Å²) in [7, 11) is 0.